The number of carbonyl (C=O) groups is 2. The molecule has 0 bridgehead atoms. The SMILES string of the molecule is O=C(Oc1ccc(/C=N/NC(=O)c2ccn(Cc3ccccc3F)n2)cc1)c1cccc(Cl)c1. The number of hydrazone groups is 1. The molecule has 0 unspecified atom stereocenters. The lowest BCUT2D eigenvalue weighted by Gasteiger charge is -2.05. The highest BCUT2D eigenvalue weighted by Gasteiger charge is 2.11. The molecule has 3 aromatic carbocycles. The van der Waals surface area contributed by atoms with Crippen LogP contribution < -0.4 is 10.2 Å². The Hall–Kier alpha value is -4.30. The van der Waals surface area contributed by atoms with Gasteiger partial charge >= 0.3 is 5.97 Å². The van der Waals surface area contributed by atoms with Gasteiger partial charge in [-0.2, -0.15) is 10.2 Å². The Bertz CT molecular complexity index is 1350. The molecule has 0 aliphatic heterocycles. The fraction of sp³-hybridized carbons (Fsp3) is 0.0400. The predicted octanol–water partition coefficient (Wildman–Crippen LogP) is 4.71. The maximum Gasteiger partial charge on any atom is 0.343 e. The average molecular weight is 477 g/mol. The molecule has 9 heteroatoms. The first-order chi connectivity index (χ1) is 16.5. The van der Waals surface area contributed by atoms with E-state index in [1.807, 2.05) is 0 Å². The van der Waals surface area contributed by atoms with Gasteiger partial charge in [-0.05, 0) is 60.2 Å². The topological polar surface area (TPSA) is 85.6 Å². The summed E-state index contributed by atoms with van der Waals surface area (Å²) in [6.07, 6.45) is 3.03. The first-order valence-electron chi connectivity index (χ1n) is 10.2. The highest BCUT2D eigenvalue weighted by atomic mass is 35.5. The largest absolute Gasteiger partial charge is 0.423 e. The average Bonchev–Trinajstić information content (AvgIpc) is 3.30. The first-order valence-corrected chi connectivity index (χ1v) is 10.5. The molecule has 0 aliphatic carbocycles. The minimum absolute atomic E-state index is 0.150. The lowest BCUT2D eigenvalue weighted by atomic mass is 10.2. The van der Waals surface area contributed by atoms with E-state index < -0.39 is 11.9 Å². The fourth-order valence-electron chi connectivity index (χ4n) is 3.00. The Labute approximate surface area is 199 Å². The van der Waals surface area contributed by atoms with Crippen LogP contribution in [0.1, 0.15) is 32.0 Å². The molecule has 170 valence electrons. The van der Waals surface area contributed by atoms with Crippen molar-refractivity contribution in [3.8, 4) is 5.75 Å². The summed E-state index contributed by atoms with van der Waals surface area (Å²) in [4.78, 5) is 24.4. The standard InChI is InChI=1S/C25H18ClFN4O3/c26-20-6-3-5-18(14-20)25(33)34-21-10-8-17(9-11-21)15-28-29-24(32)23-12-13-31(30-23)16-19-4-1-2-7-22(19)27/h1-15H,16H2,(H,29,32)/b28-15+. The maximum atomic E-state index is 13.8. The number of benzene rings is 3. The van der Waals surface area contributed by atoms with E-state index in [1.54, 1.807) is 66.9 Å². The van der Waals surface area contributed by atoms with Gasteiger partial charge in [-0.25, -0.2) is 14.6 Å². The zero-order valence-corrected chi connectivity index (χ0v) is 18.4. The van der Waals surface area contributed by atoms with Crippen molar-refractivity contribution in [2.24, 2.45) is 5.10 Å². The van der Waals surface area contributed by atoms with Gasteiger partial charge in [0, 0.05) is 16.8 Å². The third kappa shape index (κ3) is 5.93. The summed E-state index contributed by atoms with van der Waals surface area (Å²) < 4.78 is 20.6. The van der Waals surface area contributed by atoms with E-state index in [-0.39, 0.29) is 18.1 Å². The number of nitrogens with zero attached hydrogens (tertiary/aromatic N) is 3. The Morgan fingerprint density at radius 2 is 1.85 bits per heavy atom. The number of aromatic nitrogens is 2. The summed E-state index contributed by atoms with van der Waals surface area (Å²) in [6, 6.07) is 20.9. The van der Waals surface area contributed by atoms with Crippen molar-refractivity contribution in [1.29, 1.82) is 0 Å². The number of carbonyl (C=O) groups excluding carboxylic acids is 2. The Kier molecular flexibility index (Phi) is 7.10. The van der Waals surface area contributed by atoms with Crippen LogP contribution in [0.3, 0.4) is 0 Å². The van der Waals surface area contributed by atoms with Crippen molar-refractivity contribution >= 4 is 29.7 Å². The summed E-state index contributed by atoms with van der Waals surface area (Å²) in [7, 11) is 0. The molecule has 1 aromatic heterocycles. The van der Waals surface area contributed by atoms with Crippen molar-refractivity contribution < 1.29 is 18.7 Å². The molecule has 0 spiro atoms. The van der Waals surface area contributed by atoms with E-state index in [0.717, 1.165) is 0 Å². The molecule has 7 nitrogen and oxygen atoms in total. The third-order valence-electron chi connectivity index (χ3n) is 4.69. The number of amides is 1. The van der Waals surface area contributed by atoms with Crippen molar-refractivity contribution in [3.63, 3.8) is 0 Å². The molecular weight excluding hydrogens is 459 g/mol. The molecule has 0 radical (unpaired) electrons. The molecule has 1 amide bonds. The Balaban J connectivity index is 1.30. The van der Waals surface area contributed by atoms with E-state index >= 15 is 0 Å². The minimum atomic E-state index is -0.523. The monoisotopic (exact) mass is 476 g/mol. The molecular formula is C25H18ClFN4O3. The summed E-state index contributed by atoms with van der Waals surface area (Å²) in [5.41, 5.74) is 4.03. The smallest absolute Gasteiger partial charge is 0.343 e. The van der Waals surface area contributed by atoms with Crippen LogP contribution in [-0.4, -0.2) is 27.9 Å². The fourth-order valence-corrected chi connectivity index (χ4v) is 3.19. The summed E-state index contributed by atoms with van der Waals surface area (Å²) in [6.45, 7) is 0.206. The summed E-state index contributed by atoms with van der Waals surface area (Å²) >= 11 is 5.89. The van der Waals surface area contributed by atoms with Gasteiger partial charge in [-0.1, -0.05) is 35.9 Å². The number of hydrogen-bond donors (Lipinski definition) is 1. The van der Waals surface area contributed by atoms with E-state index in [2.05, 4.69) is 15.6 Å². The lowest BCUT2D eigenvalue weighted by molar-refractivity contribution is 0.0734. The normalized spacial score (nSPS) is 10.9. The molecule has 1 heterocycles. The third-order valence-corrected chi connectivity index (χ3v) is 4.93. The van der Waals surface area contributed by atoms with Gasteiger partial charge in [0.25, 0.3) is 5.91 Å². The molecule has 0 fully saturated rings. The molecule has 0 saturated heterocycles. The van der Waals surface area contributed by atoms with Crippen LogP contribution in [0, 0.1) is 5.82 Å². The number of esters is 1. The van der Waals surface area contributed by atoms with E-state index in [0.29, 0.717) is 27.5 Å². The van der Waals surface area contributed by atoms with Crippen molar-refractivity contribution in [2.45, 2.75) is 6.54 Å². The molecule has 1 N–H and O–H groups in total. The molecule has 0 saturated carbocycles. The van der Waals surface area contributed by atoms with E-state index in [4.69, 9.17) is 16.3 Å². The number of ether oxygens (including phenoxy) is 1. The molecule has 0 atom stereocenters. The van der Waals surface area contributed by atoms with Gasteiger partial charge < -0.3 is 4.74 Å². The van der Waals surface area contributed by atoms with Crippen LogP contribution in [0.15, 0.2) is 90.2 Å². The van der Waals surface area contributed by atoms with Gasteiger partial charge in [0.2, 0.25) is 0 Å². The Morgan fingerprint density at radius 3 is 2.62 bits per heavy atom. The second-order valence-corrected chi connectivity index (χ2v) is 7.59. The van der Waals surface area contributed by atoms with Crippen LogP contribution in [0.2, 0.25) is 5.02 Å². The highest BCUT2D eigenvalue weighted by molar-refractivity contribution is 6.30. The minimum Gasteiger partial charge on any atom is -0.423 e. The number of halogens is 2. The van der Waals surface area contributed by atoms with Crippen molar-refractivity contribution in [2.75, 3.05) is 0 Å². The van der Waals surface area contributed by atoms with Gasteiger partial charge in [0.05, 0.1) is 18.3 Å². The van der Waals surface area contributed by atoms with Crippen LogP contribution in [0.25, 0.3) is 0 Å². The molecule has 4 rings (SSSR count). The zero-order valence-electron chi connectivity index (χ0n) is 17.7. The number of nitrogens with one attached hydrogen (secondary N) is 1. The van der Waals surface area contributed by atoms with Crippen molar-refractivity contribution in [3.05, 3.63) is 118 Å². The van der Waals surface area contributed by atoms with Crippen LogP contribution in [-0.2, 0) is 6.54 Å². The molecule has 0 aliphatic rings. The first kappa shape index (κ1) is 22.9. The van der Waals surface area contributed by atoms with Crippen molar-refractivity contribution in [1.82, 2.24) is 15.2 Å². The van der Waals surface area contributed by atoms with Gasteiger partial charge in [0.15, 0.2) is 5.69 Å². The van der Waals surface area contributed by atoms with Gasteiger partial charge in [0.1, 0.15) is 11.6 Å². The van der Waals surface area contributed by atoms with Crippen LogP contribution in [0.5, 0.6) is 5.75 Å². The summed E-state index contributed by atoms with van der Waals surface area (Å²) in [5.74, 6) is -1.01. The summed E-state index contributed by atoms with van der Waals surface area (Å²) in [5, 5.41) is 8.51. The second kappa shape index (κ2) is 10.5. The van der Waals surface area contributed by atoms with Gasteiger partial charge in [-0.3, -0.25) is 9.48 Å². The molecule has 4 aromatic rings. The maximum absolute atomic E-state index is 13.8. The second-order valence-electron chi connectivity index (χ2n) is 7.16. The van der Waals surface area contributed by atoms with Crippen LogP contribution >= 0.6 is 11.6 Å². The number of rotatable bonds is 7. The Morgan fingerprint density at radius 1 is 1.06 bits per heavy atom. The molecule has 34 heavy (non-hydrogen) atoms. The van der Waals surface area contributed by atoms with Crippen LogP contribution in [0.4, 0.5) is 4.39 Å². The number of hydrogen-bond acceptors (Lipinski definition) is 5. The van der Waals surface area contributed by atoms with E-state index in [9.17, 15) is 14.0 Å². The van der Waals surface area contributed by atoms with Gasteiger partial charge in [-0.15, -0.1) is 0 Å². The predicted molar refractivity (Wildman–Crippen MR) is 126 cm³/mol. The quantitative estimate of drug-likeness (QED) is 0.181. The zero-order chi connectivity index (χ0) is 23.9. The lowest BCUT2D eigenvalue weighted by Crippen LogP contribution is -2.18. The highest BCUT2D eigenvalue weighted by Crippen LogP contribution is 2.16. The van der Waals surface area contributed by atoms with E-state index in [1.165, 1.54) is 29.1 Å².